The van der Waals surface area contributed by atoms with Crippen LogP contribution in [0.15, 0.2) is 53.3 Å². The number of carbonyl (C=O) groups excluding carboxylic acids is 2. The van der Waals surface area contributed by atoms with Gasteiger partial charge in [-0.3, -0.25) is 14.4 Å². The Bertz CT molecular complexity index is 1250. The van der Waals surface area contributed by atoms with Crippen molar-refractivity contribution in [1.29, 1.82) is 0 Å². The Hall–Kier alpha value is -3.00. The van der Waals surface area contributed by atoms with E-state index in [1.54, 1.807) is 48.5 Å². The Balaban J connectivity index is 2.12. The number of benzene rings is 2. The molecule has 0 unspecified atom stereocenters. The smallest absolute Gasteiger partial charge is 0.323 e. The van der Waals surface area contributed by atoms with Gasteiger partial charge in [0.15, 0.2) is 5.78 Å². The molecule has 0 amide bonds. The molecule has 0 fully saturated rings. The van der Waals surface area contributed by atoms with Crippen LogP contribution in [0.1, 0.15) is 31.1 Å². The zero-order valence-corrected chi connectivity index (χ0v) is 20.6. The molecule has 0 saturated heterocycles. The summed E-state index contributed by atoms with van der Waals surface area (Å²) in [4.78, 5) is 38.1. The highest BCUT2D eigenvalue weighted by molar-refractivity contribution is 6.31. The number of aromatic nitrogens is 2. The molecule has 0 spiro atoms. The van der Waals surface area contributed by atoms with Gasteiger partial charge in [0.05, 0.1) is 17.8 Å². The van der Waals surface area contributed by atoms with Crippen LogP contribution in [-0.2, 0) is 16.1 Å². The lowest BCUT2D eigenvalue weighted by molar-refractivity contribution is -0.146. The van der Waals surface area contributed by atoms with Crippen molar-refractivity contribution < 1.29 is 14.3 Å². The van der Waals surface area contributed by atoms with Gasteiger partial charge in [-0.15, -0.1) is 0 Å². The van der Waals surface area contributed by atoms with Gasteiger partial charge in [0, 0.05) is 21.2 Å². The van der Waals surface area contributed by atoms with E-state index in [1.165, 1.54) is 6.92 Å². The van der Waals surface area contributed by atoms with Crippen LogP contribution in [0.25, 0.3) is 22.4 Å². The average Bonchev–Trinajstić information content (AvgIpc) is 2.80. The molecule has 0 radical (unpaired) electrons. The first-order valence-corrected chi connectivity index (χ1v) is 11.5. The van der Waals surface area contributed by atoms with Crippen LogP contribution in [-0.4, -0.2) is 34.2 Å². The number of esters is 1. The van der Waals surface area contributed by atoms with Crippen molar-refractivity contribution in [3.63, 3.8) is 0 Å². The Morgan fingerprint density at radius 2 is 1.53 bits per heavy atom. The van der Waals surface area contributed by atoms with Crippen molar-refractivity contribution in [1.82, 2.24) is 9.78 Å². The van der Waals surface area contributed by atoms with Crippen LogP contribution in [0.4, 0.5) is 0 Å². The molecule has 3 aromatic rings. The van der Waals surface area contributed by atoms with Crippen molar-refractivity contribution in [2.75, 3.05) is 6.61 Å². The van der Waals surface area contributed by atoms with Gasteiger partial charge < -0.3 is 10.5 Å². The summed E-state index contributed by atoms with van der Waals surface area (Å²) in [5.74, 6) is -1.07. The van der Waals surface area contributed by atoms with Gasteiger partial charge in [-0.1, -0.05) is 61.3 Å². The summed E-state index contributed by atoms with van der Waals surface area (Å²) in [6.45, 7) is 4.78. The van der Waals surface area contributed by atoms with Crippen LogP contribution in [0.2, 0.25) is 10.0 Å². The van der Waals surface area contributed by atoms with Crippen molar-refractivity contribution in [3.05, 3.63) is 74.5 Å². The maximum Gasteiger partial charge on any atom is 0.323 e. The molecule has 2 aromatic carbocycles. The van der Waals surface area contributed by atoms with E-state index < -0.39 is 23.4 Å². The third-order valence-electron chi connectivity index (χ3n) is 5.30. The van der Waals surface area contributed by atoms with Crippen molar-refractivity contribution >= 4 is 35.0 Å². The summed E-state index contributed by atoms with van der Waals surface area (Å²) in [7, 11) is 0. The average molecular weight is 502 g/mol. The first-order chi connectivity index (χ1) is 16.1. The number of rotatable bonds is 8. The number of nitrogens with zero attached hydrogens (tertiary/aromatic N) is 2. The maximum absolute atomic E-state index is 13.3. The van der Waals surface area contributed by atoms with Gasteiger partial charge in [-0.05, 0) is 42.7 Å². The highest BCUT2D eigenvalue weighted by Crippen LogP contribution is 2.33. The summed E-state index contributed by atoms with van der Waals surface area (Å²) in [6, 6.07) is 12.9. The van der Waals surface area contributed by atoms with E-state index in [9.17, 15) is 14.4 Å². The minimum Gasteiger partial charge on any atom is -0.463 e. The van der Waals surface area contributed by atoms with Crippen molar-refractivity contribution in [2.45, 2.75) is 33.4 Å². The summed E-state index contributed by atoms with van der Waals surface area (Å²) in [5.41, 5.74) is 7.29. The quantitative estimate of drug-likeness (QED) is 0.356. The first kappa shape index (κ1) is 25.6. The fourth-order valence-corrected chi connectivity index (χ4v) is 3.61. The molecule has 9 heteroatoms. The van der Waals surface area contributed by atoms with Crippen LogP contribution in [0.5, 0.6) is 0 Å². The second-order valence-corrected chi connectivity index (χ2v) is 9.01. The largest absolute Gasteiger partial charge is 0.463 e. The summed E-state index contributed by atoms with van der Waals surface area (Å²) >= 11 is 12.1. The molecule has 0 aliphatic rings. The van der Waals surface area contributed by atoms with E-state index in [0.29, 0.717) is 32.4 Å². The highest BCUT2D eigenvalue weighted by atomic mass is 35.5. The molecule has 178 valence electrons. The fourth-order valence-electron chi connectivity index (χ4n) is 3.36. The van der Waals surface area contributed by atoms with E-state index in [2.05, 4.69) is 5.10 Å². The molecule has 34 heavy (non-hydrogen) atoms. The lowest BCUT2D eigenvalue weighted by Gasteiger charge is -2.17. The summed E-state index contributed by atoms with van der Waals surface area (Å²) in [6.07, 6.45) is 0. The van der Waals surface area contributed by atoms with Crippen LogP contribution < -0.4 is 11.3 Å². The SMILES string of the molecule is CC(=O)c1c(-c2ccc(Cl)cc2)c(-c2ccc(Cl)cc2)nn(CCOC(=O)[C@@H](N)C(C)C)c1=O. The van der Waals surface area contributed by atoms with E-state index in [-0.39, 0.29) is 24.6 Å². The molecule has 1 aromatic heterocycles. The zero-order valence-electron chi connectivity index (χ0n) is 19.0. The maximum atomic E-state index is 13.3. The third kappa shape index (κ3) is 5.73. The van der Waals surface area contributed by atoms with Crippen LogP contribution in [0, 0.1) is 5.92 Å². The molecule has 0 aliphatic heterocycles. The lowest BCUT2D eigenvalue weighted by atomic mass is 9.94. The molecule has 0 aliphatic carbocycles. The molecule has 1 atom stereocenters. The number of carbonyl (C=O) groups is 2. The number of Topliss-reactive ketones (excluding diaryl/α,β-unsaturated/α-hetero) is 1. The van der Waals surface area contributed by atoms with E-state index in [1.807, 2.05) is 13.8 Å². The number of ketones is 1. The Labute approximate surface area is 207 Å². The van der Waals surface area contributed by atoms with Crippen LogP contribution >= 0.6 is 23.2 Å². The van der Waals surface area contributed by atoms with Crippen molar-refractivity contribution in [2.24, 2.45) is 11.7 Å². The van der Waals surface area contributed by atoms with Gasteiger partial charge in [-0.2, -0.15) is 5.10 Å². The second-order valence-electron chi connectivity index (χ2n) is 8.13. The predicted molar refractivity (Wildman–Crippen MR) is 133 cm³/mol. The summed E-state index contributed by atoms with van der Waals surface area (Å²) < 4.78 is 6.37. The third-order valence-corrected chi connectivity index (χ3v) is 5.80. The number of hydrogen-bond donors (Lipinski definition) is 1. The number of ether oxygens (including phenoxy) is 1. The Kier molecular flexibility index (Phi) is 8.25. The molecule has 1 heterocycles. The molecular weight excluding hydrogens is 477 g/mol. The van der Waals surface area contributed by atoms with E-state index >= 15 is 0 Å². The van der Waals surface area contributed by atoms with E-state index in [0.717, 1.165) is 4.68 Å². The minimum absolute atomic E-state index is 0.0209. The standard InChI is InChI=1S/C25H25Cl2N3O4/c1-14(2)22(28)25(33)34-13-12-30-24(32)20(15(3)31)21(16-4-8-18(26)9-5-16)23(29-30)17-6-10-19(27)11-7-17/h4-11,14,22H,12-13,28H2,1-3H3/t22-/m0/s1. The lowest BCUT2D eigenvalue weighted by Crippen LogP contribution is -2.38. The first-order valence-electron chi connectivity index (χ1n) is 10.7. The Morgan fingerprint density at radius 3 is 2.03 bits per heavy atom. The topological polar surface area (TPSA) is 104 Å². The highest BCUT2D eigenvalue weighted by Gasteiger charge is 2.24. The Morgan fingerprint density at radius 1 is 1.00 bits per heavy atom. The second kappa shape index (κ2) is 11.0. The molecule has 7 nitrogen and oxygen atoms in total. The fraction of sp³-hybridized carbons (Fsp3) is 0.280. The normalized spacial score (nSPS) is 12.0. The van der Waals surface area contributed by atoms with Gasteiger partial charge in [0.2, 0.25) is 0 Å². The van der Waals surface area contributed by atoms with E-state index in [4.69, 9.17) is 33.7 Å². The number of halogens is 2. The van der Waals surface area contributed by atoms with Gasteiger partial charge >= 0.3 is 5.97 Å². The monoisotopic (exact) mass is 501 g/mol. The molecule has 3 rings (SSSR count). The van der Waals surface area contributed by atoms with Gasteiger partial charge in [0.1, 0.15) is 12.6 Å². The number of nitrogens with two attached hydrogens (primary N) is 1. The zero-order chi connectivity index (χ0) is 25.0. The minimum atomic E-state index is -0.769. The van der Waals surface area contributed by atoms with Crippen molar-refractivity contribution in [3.8, 4) is 22.4 Å². The molecule has 2 N–H and O–H groups in total. The molecule has 0 saturated carbocycles. The molecular formula is C25H25Cl2N3O4. The van der Waals surface area contributed by atoms with Gasteiger partial charge in [-0.25, -0.2) is 4.68 Å². The molecule has 0 bridgehead atoms. The van der Waals surface area contributed by atoms with Gasteiger partial charge in [0.25, 0.3) is 5.56 Å². The van der Waals surface area contributed by atoms with Crippen LogP contribution in [0.3, 0.4) is 0 Å². The number of hydrogen-bond acceptors (Lipinski definition) is 6. The predicted octanol–water partition coefficient (Wildman–Crippen LogP) is 4.61. The summed E-state index contributed by atoms with van der Waals surface area (Å²) in [5, 5.41) is 5.59.